The molecule has 0 spiro atoms. The normalized spacial score (nSPS) is 16.3. The lowest BCUT2D eigenvalue weighted by atomic mass is 10.0. The van der Waals surface area contributed by atoms with Crippen LogP contribution in [0, 0.1) is 0 Å². The second kappa shape index (κ2) is 8.30. The highest BCUT2D eigenvalue weighted by atomic mass is 16.5. The second-order valence-electron chi connectivity index (χ2n) is 4.45. The standard InChI is InChI=1S/C16H20N2O.C2H6/c1-5-12(3)13-7-8-14-15(11-13)19-10-9-18(6-2)16(14)17-4;1-2/h5-8,11H,2,9-10H2,1,3-4H3;1-2H3/b12-5+,17-16?;. The topological polar surface area (TPSA) is 24.8 Å². The van der Waals surface area contributed by atoms with Gasteiger partial charge in [0.1, 0.15) is 18.2 Å². The van der Waals surface area contributed by atoms with Crippen molar-refractivity contribution in [2.45, 2.75) is 27.7 Å². The van der Waals surface area contributed by atoms with Crippen molar-refractivity contribution in [1.29, 1.82) is 0 Å². The summed E-state index contributed by atoms with van der Waals surface area (Å²) in [6.07, 6.45) is 3.90. The Morgan fingerprint density at radius 1 is 1.38 bits per heavy atom. The van der Waals surface area contributed by atoms with Gasteiger partial charge in [-0.15, -0.1) is 0 Å². The zero-order valence-electron chi connectivity index (χ0n) is 13.8. The minimum atomic E-state index is 0.635. The van der Waals surface area contributed by atoms with Gasteiger partial charge in [0.15, 0.2) is 0 Å². The van der Waals surface area contributed by atoms with Gasteiger partial charge in [0.05, 0.1) is 12.1 Å². The minimum absolute atomic E-state index is 0.635. The molecule has 114 valence electrons. The fourth-order valence-electron chi connectivity index (χ4n) is 2.18. The summed E-state index contributed by atoms with van der Waals surface area (Å²) in [5, 5.41) is 0. The number of rotatable bonds is 2. The van der Waals surface area contributed by atoms with E-state index in [9.17, 15) is 0 Å². The number of allylic oxidation sites excluding steroid dienone is 2. The van der Waals surface area contributed by atoms with Crippen LogP contribution in [0.4, 0.5) is 0 Å². The summed E-state index contributed by atoms with van der Waals surface area (Å²) in [4.78, 5) is 6.39. The molecule has 3 nitrogen and oxygen atoms in total. The first-order chi connectivity index (χ1) is 10.2. The van der Waals surface area contributed by atoms with E-state index < -0.39 is 0 Å². The third-order valence-electron chi connectivity index (χ3n) is 3.40. The molecule has 1 aliphatic rings. The average Bonchev–Trinajstić information content (AvgIpc) is 2.73. The van der Waals surface area contributed by atoms with Crippen LogP contribution < -0.4 is 4.74 Å². The molecule has 0 amide bonds. The van der Waals surface area contributed by atoms with Crippen LogP contribution in [0.5, 0.6) is 5.75 Å². The molecule has 0 saturated carbocycles. The van der Waals surface area contributed by atoms with Gasteiger partial charge in [-0.2, -0.15) is 0 Å². The Bertz CT molecular complexity index is 544. The van der Waals surface area contributed by atoms with Crippen LogP contribution in [0.1, 0.15) is 38.8 Å². The molecular weight excluding hydrogens is 260 g/mol. The van der Waals surface area contributed by atoms with E-state index in [0.29, 0.717) is 6.61 Å². The first-order valence-corrected chi connectivity index (χ1v) is 7.47. The smallest absolute Gasteiger partial charge is 0.138 e. The van der Waals surface area contributed by atoms with Gasteiger partial charge in [-0.25, -0.2) is 0 Å². The number of hydrogen-bond donors (Lipinski definition) is 0. The van der Waals surface area contributed by atoms with Crippen LogP contribution in [0.25, 0.3) is 5.57 Å². The largest absolute Gasteiger partial charge is 0.491 e. The number of benzene rings is 1. The lowest BCUT2D eigenvalue weighted by molar-refractivity contribution is 0.301. The first kappa shape index (κ1) is 17.0. The SMILES string of the molecule is C=CN1CCOc2cc(/C(C)=C/C)ccc2C1=NC.CC. The number of fused-ring (bicyclic) bond motifs is 1. The van der Waals surface area contributed by atoms with Crippen molar-refractivity contribution in [2.75, 3.05) is 20.2 Å². The third-order valence-corrected chi connectivity index (χ3v) is 3.40. The molecule has 21 heavy (non-hydrogen) atoms. The number of aliphatic imine (C=N–C) groups is 1. The summed E-state index contributed by atoms with van der Waals surface area (Å²) in [6.45, 7) is 13.4. The van der Waals surface area contributed by atoms with Crippen LogP contribution in [-0.2, 0) is 0 Å². The van der Waals surface area contributed by atoms with Crippen LogP contribution in [0.15, 0.2) is 42.0 Å². The quantitative estimate of drug-likeness (QED) is 0.807. The molecular formula is C18H26N2O. The van der Waals surface area contributed by atoms with Crippen molar-refractivity contribution in [2.24, 2.45) is 4.99 Å². The highest BCUT2D eigenvalue weighted by molar-refractivity contribution is 6.02. The Balaban J connectivity index is 0.00000106. The fourth-order valence-corrected chi connectivity index (χ4v) is 2.18. The number of ether oxygens (including phenoxy) is 1. The van der Waals surface area contributed by atoms with E-state index in [1.54, 1.807) is 13.2 Å². The molecule has 3 heteroatoms. The Hall–Kier alpha value is -2.03. The summed E-state index contributed by atoms with van der Waals surface area (Å²) < 4.78 is 5.85. The van der Waals surface area contributed by atoms with E-state index in [1.165, 1.54) is 11.1 Å². The molecule has 0 atom stereocenters. The van der Waals surface area contributed by atoms with Gasteiger partial charge < -0.3 is 9.64 Å². The van der Waals surface area contributed by atoms with E-state index in [1.807, 2.05) is 25.7 Å². The Kier molecular flexibility index (Phi) is 6.73. The predicted molar refractivity (Wildman–Crippen MR) is 92.0 cm³/mol. The molecule has 0 aromatic heterocycles. The van der Waals surface area contributed by atoms with Gasteiger partial charge in [0, 0.05) is 7.05 Å². The van der Waals surface area contributed by atoms with Crippen LogP contribution in [-0.4, -0.2) is 30.9 Å². The molecule has 1 aliphatic heterocycles. The maximum Gasteiger partial charge on any atom is 0.138 e. The molecule has 0 N–H and O–H groups in total. The zero-order chi connectivity index (χ0) is 15.8. The van der Waals surface area contributed by atoms with E-state index in [4.69, 9.17) is 4.74 Å². The number of nitrogens with zero attached hydrogens (tertiary/aromatic N) is 2. The van der Waals surface area contributed by atoms with Crippen molar-refractivity contribution in [3.05, 3.63) is 48.2 Å². The highest BCUT2D eigenvalue weighted by Crippen LogP contribution is 2.28. The molecule has 0 fully saturated rings. The molecule has 1 heterocycles. The second-order valence-corrected chi connectivity index (χ2v) is 4.45. The predicted octanol–water partition coefficient (Wildman–Crippen LogP) is 4.35. The van der Waals surface area contributed by atoms with E-state index in [-0.39, 0.29) is 0 Å². The molecule has 1 aromatic carbocycles. The van der Waals surface area contributed by atoms with E-state index in [0.717, 1.165) is 23.7 Å². The summed E-state index contributed by atoms with van der Waals surface area (Å²) in [5.74, 6) is 1.80. The summed E-state index contributed by atoms with van der Waals surface area (Å²) in [5.41, 5.74) is 3.45. The highest BCUT2D eigenvalue weighted by Gasteiger charge is 2.19. The molecule has 0 unspecified atom stereocenters. The molecule has 0 aliphatic carbocycles. The Morgan fingerprint density at radius 2 is 2.10 bits per heavy atom. The van der Waals surface area contributed by atoms with Gasteiger partial charge in [-0.1, -0.05) is 32.6 Å². The van der Waals surface area contributed by atoms with E-state index in [2.05, 4.69) is 42.8 Å². The summed E-state index contributed by atoms with van der Waals surface area (Å²) >= 11 is 0. The molecule has 0 radical (unpaired) electrons. The van der Waals surface area contributed by atoms with Gasteiger partial charge in [0.2, 0.25) is 0 Å². The van der Waals surface area contributed by atoms with Crippen LogP contribution >= 0.6 is 0 Å². The van der Waals surface area contributed by atoms with Crippen molar-refractivity contribution >= 4 is 11.4 Å². The minimum Gasteiger partial charge on any atom is -0.491 e. The molecule has 0 bridgehead atoms. The third kappa shape index (κ3) is 3.75. The fraction of sp³-hybridized carbons (Fsp3) is 0.389. The lowest BCUT2D eigenvalue weighted by Crippen LogP contribution is -2.27. The van der Waals surface area contributed by atoms with Crippen molar-refractivity contribution in [1.82, 2.24) is 4.90 Å². The van der Waals surface area contributed by atoms with Gasteiger partial charge >= 0.3 is 0 Å². The lowest BCUT2D eigenvalue weighted by Gasteiger charge is -2.18. The summed E-state index contributed by atoms with van der Waals surface area (Å²) in [7, 11) is 1.80. The molecule has 1 aromatic rings. The maximum absolute atomic E-state index is 5.85. The average molecular weight is 286 g/mol. The number of amidine groups is 1. The van der Waals surface area contributed by atoms with Gasteiger partial charge in [-0.05, 0) is 43.3 Å². The molecule has 0 saturated heterocycles. The van der Waals surface area contributed by atoms with Gasteiger partial charge in [-0.3, -0.25) is 4.99 Å². The van der Waals surface area contributed by atoms with Crippen molar-refractivity contribution < 1.29 is 4.74 Å². The van der Waals surface area contributed by atoms with Crippen molar-refractivity contribution in [3.63, 3.8) is 0 Å². The van der Waals surface area contributed by atoms with Crippen LogP contribution in [0.3, 0.4) is 0 Å². The summed E-state index contributed by atoms with van der Waals surface area (Å²) in [6, 6.07) is 6.26. The maximum atomic E-state index is 5.85. The van der Waals surface area contributed by atoms with E-state index >= 15 is 0 Å². The van der Waals surface area contributed by atoms with Gasteiger partial charge in [0.25, 0.3) is 0 Å². The van der Waals surface area contributed by atoms with Crippen LogP contribution in [0.2, 0.25) is 0 Å². The molecule has 2 rings (SSSR count). The Labute approximate surface area is 128 Å². The first-order valence-electron chi connectivity index (χ1n) is 7.47. The number of hydrogen-bond acceptors (Lipinski definition) is 2. The zero-order valence-corrected chi connectivity index (χ0v) is 13.8. The van der Waals surface area contributed by atoms with Crippen molar-refractivity contribution in [3.8, 4) is 5.75 Å². The monoisotopic (exact) mass is 286 g/mol. The Morgan fingerprint density at radius 3 is 2.67 bits per heavy atom.